The molecule has 0 bridgehead atoms. The predicted octanol–water partition coefficient (Wildman–Crippen LogP) is 2.31. The lowest BCUT2D eigenvalue weighted by molar-refractivity contribution is 0.0738. The van der Waals surface area contributed by atoms with Crippen LogP contribution in [0.2, 0.25) is 0 Å². The molecule has 116 valence electrons. The van der Waals surface area contributed by atoms with E-state index in [0.29, 0.717) is 12.1 Å². The summed E-state index contributed by atoms with van der Waals surface area (Å²) in [4.78, 5) is 18.6. The molecule has 1 atom stereocenters. The number of aromatic nitrogens is 1. The predicted molar refractivity (Wildman–Crippen MR) is 84.7 cm³/mol. The van der Waals surface area contributed by atoms with Crippen molar-refractivity contribution in [2.24, 2.45) is 0 Å². The fourth-order valence-electron chi connectivity index (χ4n) is 2.58. The van der Waals surface area contributed by atoms with E-state index in [4.69, 9.17) is 0 Å². The standard InChI is InChI=1S/C16H18FN3OS/c1-20(13-6-7-18-9-13)16(21)14-10-22-15(19-14)8-11-2-4-12(17)5-3-11/h2-5,10,13,18H,6-9H2,1H3. The van der Waals surface area contributed by atoms with Gasteiger partial charge in [-0.05, 0) is 30.7 Å². The number of likely N-dealkylation sites (N-methyl/N-ethyl adjacent to an activating group) is 1. The quantitative estimate of drug-likeness (QED) is 0.940. The number of thiazole rings is 1. The van der Waals surface area contributed by atoms with Crippen LogP contribution < -0.4 is 5.32 Å². The maximum absolute atomic E-state index is 12.9. The molecule has 0 radical (unpaired) electrons. The van der Waals surface area contributed by atoms with E-state index in [2.05, 4.69) is 10.3 Å². The minimum Gasteiger partial charge on any atom is -0.336 e. The first-order valence-corrected chi connectivity index (χ1v) is 8.18. The lowest BCUT2D eigenvalue weighted by Gasteiger charge is -2.22. The van der Waals surface area contributed by atoms with E-state index in [0.717, 1.165) is 30.1 Å². The van der Waals surface area contributed by atoms with Gasteiger partial charge in [-0.25, -0.2) is 9.37 Å². The van der Waals surface area contributed by atoms with Crippen LogP contribution in [0.25, 0.3) is 0 Å². The van der Waals surface area contributed by atoms with Crippen molar-refractivity contribution in [3.8, 4) is 0 Å². The third kappa shape index (κ3) is 3.34. The molecule has 0 saturated carbocycles. The van der Waals surface area contributed by atoms with Gasteiger partial charge in [-0.1, -0.05) is 12.1 Å². The van der Waals surface area contributed by atoms with Crippen LogP contribution >= 0.6 is 11.3 Å². The van der Waals surface area contributed by atoms with Crippen molar-refractivity contribution in [2.45, 2.75) is 18.9 Å². The summed E-state index contributed by atoms with van der Waals surface area (Å²) in [5, 5.41) is 5.93. The van der Waals surface area contributed by atoms with Gasteiger partial charge >= 0.3 is 0 Å². The number of carbonyl (C=O) groups excluding carboxylic acids is 1. The van der Waals surface area contributed by atoms with Gasteiger partial charge in [0.2, 0.25) is 0 Å². The summed E-state index contributed by atoms with van der Waals surface area (Å²) < 4.78 is 12.9. The highest BCUT2D eigenvalue weighted by atomic mass is 32.1. The van der Waals surface area contributed by atoms with E-state index in [-0.39, 0.29) is 17.8 Å². The summed E-state index contributed by atoms with van der Waals surface area (Å²) in [6.45, 7) is 1.80. The Kier molecular flexibility index (Phi) is 4.49. The van der Waals surface area contributed by atoms with Gasteiger partial charge < -0.3 is 10.2 Å². The highest BCUT2D eigenvalue weighted by molar-refractivity contribution is 7.09. The number of amides is 1. The zero-order valence-corrected chi connectivity index (χ0v) is 13.2. The SMILES string of the molecule is CN(C(=O)c1csc(Cc2ccc(F)cc2)n1)C1CCNC1. The van der Waals surface area contributed by atoms with Crippen LogP contribution in [-0.2, 0) is 6.42 Å². The third-order valence-electron chi connectivity index (χ3n) is 3.94. The van der Waals surface area contributed by atoms with E-state index in [1.807, 2.05) is 7.05 Å². The molecule has 1 aliphatic rings. The fourth-order valence-corrected chi connectivity index (χ4v) is 3.39. The van der Waals surface area contributed by atoms with Crippen LogP contribution in [0.1, 0.15) is 27.5 Å². The summed E-state index contributed by atoms with van der Waals surface area (Å²) in [7, 11) is 1.83. The fraction of sp³-hybridized carbons (Fsp3) is 0.375. The topological polar surface area (TPSA) is 45.2 Å². The summed E-state index contributed by atoms with van der Waals surface area (Å²) in [6, 6.07) is 6.62. The third-order valence-corrected chi connectivity index (χ3v) is 4.79. The molecule has 6 heteroatoms. The second kappa shape index (κ2) is 6.54. The van der Waals surface area contributed by atoms with Crippen molar-refractivity contribution < 1.29 is 9.18 Å². The molecular formula is C16H18FN3OS. The largest absolute Gasteiger partial charge is 0.336 e. The Morgan fingerprint density at radius 3 is 2.91 bits per heavy atom. The molecule has 1 saturated heterocycles. The number of hydrogen-bond donors (Lipinski definition) is 1. The molecule has 0 aliphatic carbocycles. The molecule has 1 fully saturated rings. The Morgan fingerprint density at radius 2 is 2.23 bits per heavy atom. The molecule has 1 aromatic carbocycles. The summed E-state index contributed by atoms with van der Waals surface area (Å²) in [6.07, 6.45) is 1.60. The van der Waals surface area contributed by atoms with Crippen LogP contribution in [-0.4, -0.2) is 42.0 Å². The minimum atomic E-state index is -0.245. The number of benzene rings is 1. The van der Waals surface area contributed by atoms with Gasteiger partial charge in [0.1, 0.15) is 11.5 Å². The van der Waals surface area contributed by atoms with Gasteiger partial charge in [0.15, 0.2) is 0 Å². The number of nitrogens with one attached hydrogen (secondary N) is 1. The molecule has 22 heavy (non-hydrogen) atoms. The van der Waals surface area contributed by atoms with Gasteiger partial charge in [-0.3, -0.25) is 4.79 Å². The Balaban J connectivity index is 1.67. The van der Waals surface area contributed by atoms with Gasteiger partial charge in [-0.15, -0.1) is 11.3 Å². The van der Waals surface area contributed by atoms with Crippen molar-refractivity contribution in [1.82, 2.24) is 15.2 Å². The summed E-state index contributed by atoms with van der Waals surface area (Å²) in [5.41, 5.74) is 1.49. The minimum absolute atomic E-state index is 0.0321. The average Bonchev–Trinajstić information content (AvgIpc) is 3.19. The van der Waals surface area contributed by atoms with Crippen molar-refractivity contribution in [3.63, 3.8) is 0 Å². The zero-order chi connectivity index (χ0) is 15.5. The van der Waals surface area contributed by atoms with Gasteiger partial charge in [0.05, 0.1) is 5.01 Å². The Hall–Kier alpha value is -1.79. The van der Waals surface area contributed by atoms with E-state index >= 15 is 0 Å². The molecule has 4 nitrogen and oxygen atoms in total. The molecule has 1 unspecified atom stereocenters. The van der Waals surface area contributed by atoms with Gasteiger partial charge in [-0.2, -0.15) is 0 Å². The average molecular weight is 319 g/mol. The van der Waals surface area contributed by atoms with E-state index in [9.17, 15) is 9.18 Å². The molecule has 1 amide bonds. The second-order valence-corrected chi connectivity index (χ2v) is 6.44. The lowest BCUT2D eigenvalue weighted by atomic mass is 10.1. The summed E-state index contributed by atoms with van der Waals surface area (Å²) in [5.74, 6) is -0.277. The Morgan fingerprint density at radius 1 is 1.45 bits per heavy atom. The molecule has 0 spiro atoms. The molecule has 2 aromatic rings. The zero-order valence-electron chi connectivity index (χ0n) is 12.4. The van der Waals surface area contributed by atoms with E-state index in [1.54, 1.807) is 22.4 Å². The monoisotopic (exact) mass is 319 g/mol. The molecule has 2 heterocycles. The van der Waals surface area contributed by atoms with Crippen molar-refractivity contribution in [2.75, 3.05) is 20.1 Å². The lowest BCUT2D eigenvalue weighted by Crippen LogP contribution is -2.38. The van der Waals surface area contributed by atoms with Gasteiger partial charge in [0, 0.05) is 31.4 Å². The van der Waals surface area contributed by atoms with E-state index in [1.165, 1.54) is 23.5 Å². The maximum atomic E-state index is 12.9. The number of halogens is 1. The van der Waals surface area contributed by atoms with Crippen molar-refractivity contribution in [1.29, 1.82) is 0 Å². The van der Waals surface area contributed by atoms with Crippen LogP contribution in [0, 0.1) is 5.82 Å². The molecule has 1 N–H and O–H groups in total. The number of carbonyl (C=O) groups is 1. The van der Waals surface area contributed by atoms with Gasteiger partial charge in [0.25, 0.3) is 5.91 Å². The first-order chi connectivity index (χ1) is 10.6. The normalized spacial score (nSPS) is 17.6. The van der Waals surface area contributed by atoms with Crippen LogP contribution in [0.15, 0.2) is 29.6 Å². The Bertz CT molecular complexity index is 650. The smallest absolute Gasteiger partial charge is 0.273 e. The highest BCUT2D eigenvalue weighted by Crippen LogP contribution is 2.18. The van der Waals surface area contributed by atoms with Crippen LogP contribution in [0.4, 0.5) is 4.39 Å². The first-order valence-electron chi connectivity index (χ1n) is 7.30. The number of rotatable bonds is 4. The van der Waals surface area contributed by atoms with Crippen molar-refractivity contribution >= 4 is 17.2 Å². The summed E-state index contributed by atoms with van der Waals surface area (Å²) >= 11 is 1.47. The highest BCUT2D eigenvalue weighted by Gasteiger charge is 2.25. The second-order valence-electron chi connectivity index (χ2n) is 5.49. The molecular weight excluding hydrogens is 301 g/mol. The van der Waals surface area contributed by atoms with E-state index < -0.39 is 0 Å². The Labute approximate surface area is 133 Å². The van der Waals surface area contributed by atoms with Crippen LogP contribution in [0.3, 0.4) is 0 Å². The molecule has 1 aliphatic heterocycles. The number of hydrogen-bond acceptors (Lipinski definition) is 4. The molecule has 3 rings (SSSR count). The van der Waals surface area contributed by atoms with Crippen LogP contribution in [0.5, 0.6) is 0 Å². The maximum Gasteiger partial charge on any atom is 0.273 e. The number of nitrogens with zero attached hydrogens (tertiary/aromatic N) is 2. The van der Waals surface area contributed by atoms with Crippen molar-refractivity contribution in [3.05, 3.63) is 51.7 Å². The molecule has 1 aromatic heterocycles. The first kappa shape index (κ1) is 15.1.